The SMILES string of the molecule is CN=C(NCCc1coc(-c2ccc(C)cc2)n1)N1CCN(C(=O)c2ccco2)CC1.I. The molecule has 1 aliphatic heterocycles. The highest BCUT2D eigenvalue weighted by molar-refractivity contribution is 14.0. The third-order valence-electron chi connectivity index (χ3n) is 5.32. The molecule has 3 aromatic rings. The summed E-state index contributed by atoms with van der Waals surface area (Å²) in [5.41, 5.74) is 3.08. The summed E-state index contributed by atoms with van der Waals surface area (Å²) in [5.74, 6) is 1.78. The number of furan rings is 1. The van der Waals surface area contributed by atoms with Crippen molar-refractivity contribution in [2.24, 2.45) is 4.99 Å². The van der Waals surface area contributed by atoms with Gasteiger partial charge >= 0.3 is 0 Å². The number of halogens is 1. The van der Waals surface area contributed by atoms with Crippen molar-refractivity contribution < 1.29 is 13.6 Å². The lowest BCUT2D eigenvalue weighted by molar-refractivity contribution is 0.0658. The number of hydrogen-bond donors (Lipinski definition) is 1. The molecular formula is C23H28IN5O3. The zero-order valence-electron chi connectivity index (χ0n) is 18.3. The van der Waals surface area contributed by atoms with Crippen molar-refractivity contribution in [3.63, 3.8) is 0 Å². The summed E-state index contributed by atoms with van der Waals surface area (Å²) >= 11 is 0. The van der Waals surface area contributed by atoms with Crippen LogP contribution >= 0.6 is 24.0 Å². The number of guanidine groups is 1. The van der Waals surface area contributed by atoms with Crippen molar-refractivity contribution in [1.29, 1.82) is 0 Å². The van der Waals surface area contributed by atoms with Gasteiger partial charge in [0.1, 0.15) is 6.26 Å². The fraction of sp³-hybridized carbons (Fsp3) is 0.348. The Morgan fingerprint density at radius 1 is 1.09 bits per heavy atom. The largest absolute Gasteiger partial charge is 0.459 e. The molecule has 1 amide bonds. The molecule has 0 atom stereocenters. The maximum Gasteiger partial charge on any atom is 0.289 e. The van der Waals surface area contributed by atoms with Crippen LogP contribution < -0.4 is 5.32 Å². The summed E-state index contributed by atoms with van der Waals surface area (Å²) in [5, 5.41) is 3.39. The first kappa shape index (κ1) is 23.8. The van der Waals surface area contributed by atoms with Gasteiger partial charge in [-0.05, 0) is 31.2 Å². The quantitative estimate of drug-likeness (QED) is 0.298. The Hall–Kier alpha value is -2.82. The minimum Gasteiger partial charge on any atom is -0.459 e. The molecule has 0 saturated carbocycles. The molecule has 1 saturated heterocycles. The number of amides is 1. The number of aromatic nitrogens is 1. The summed E-state index contributed by atoms with van der Waals surface area (Å²) in [6.45, 7) is 5.44. The summed E-state index contributed by atoms with van der Waals surface area (Å²) < 4.78 is 10.9. The van der Waals surface area contributed by atoms with Gasteiger partial charge in [-0.1, -0.05) is 17.7 Å². The Morgan fingerprint density at radius 2 is 1.81 bits per heavy atom. The smallest absolute Gasteiger partial charge is 0.289 e. The molecule has 1 N–H and O–H groups in total. The van der Waals surface area contributed by atoms with Crippen LogP contribution in [0.3, 0.4) is 0 Å². The molecule has 170 valence electrons. The summed E-state index contributed by atoms with van der Waals surface area (Å²) in [6.07, 6.45) is 3.96. The van der Waals surface area contributed by atoms with Gasteiger partial charge in [0, 0.05) is 51.8 Å². The minimum absolute atomic E-state index is 0. The standard InChI is InChI=1S/C23H27N5O3.HI/c1-17-5-7-18(8-6-17)21-26-19(16-31-21)9-10-25-23(24-2)28-13-11-27(12-14-28)22(29)20-4-3-15-30-20;/h3-8,15-16H,9-14H2,1-2H3,(H,24,25);1H. The van der Waals surface area contributed by atoms with E-state index in [2.05, 4.69) is 27.1 Å². The number of aryl methyl sites for hydroxylation is 1. The second-order valence-electron chi connectivity index (χ2n) is 7.49. The molecule has 0 radical (unpaired) electrons. The molecule has 0 unspecified atom stereocenters. The van der Waals surface area contributed by atoms with Crippen LogP contribution in [0.2, 0.25) is 0 Å². The number of nitrogens with one attached hydrogen (secondary N) is 1. The van der Waals surface area contributed by atoms with Crippen molar-refractivity contribution in [1.82, 2.24) is 20.1 Å². The molecule has 3 heterocycles. The lowest BCUT2D eigenvalue weighted by Crippen LogP contribution is -2.54. The van der Waals surface area contributed by atoms with Gasteiger partial charge in [0.25, 0.3) is 5.91 Å². The lowest BCUT2D eigenvalue weighted by atomic mass is 10.1. The molecule has 9 heteroatoms. The fourth-order valence-electron chi connectivity index (χ4n) is 3.56. The first-order valence-electron chi connectivity index (χ1n) is 10.4. The first-order valence-corrected chi connectivity index (χ1v) is 10.4. The van der Waals surface area contributed by atoms with E-state index >= 15 is 0 Å². The Bertz CT molecular complexity index is 1020. The van der Waals surface area contributed by atoms with Crippen LogP contribution in [0.5, 0.6) is 0 Å². The van der Waals surface area contributed by atoms with E-state index in [0.717, 1.165) is 23.6 Å². The van der Waals surface area contributed by atoms with Crippen molar-refractivity contribution in [2.75, 3.05) is 39.8 Å². The van der Waals surface area contributed by atoms with Gasteiger partial charge in [0.2, 0.25) is 5.89 Å². The van der Waals surface area contributed by atoms with E-state index in [4.69, 9.17) is 8.83 Å². The average Bonchev–Trinajstić information content (AvgIpc) is 3.50. The monoisotopic (exact) mass is 549 g/mol. The summed E-state index contributed by atoms with van der Waals surface area (Å²) in [6, 6.07) is 11.6. The Balaban J connectivity index is 0.00000289. The molecule has 1 aromatic carbocycles. The van der Waals surface area contributed by atoms with Gasteiger partial charge < -0.3 is 24.0 Å². The van der Waals surface area contributed by atoms with Crippen LogP contribution in [-0.4, -0.2) is 66.4 Å². The summed E-state index contributed by atoms with van der Waals surface area (Å²) in [4.78, 5) is 25.4. The maximum atomic E-state index is 12.4. The summed E-state index contributed by atoms with van der Waals surface area (Å²) in [7, 11) is 1.77. The van der Waals surface area contributed by atoms with Gasteiger partial charge in [-0.15, -0.1) is 24.0 Å². The second kappa shape index (κ2) is 11.2. The molecule has 0 bridgehead atoms. The van der Waals surface area contributed by atoms with E-state index in [9.17, 15) is 4.79 Å². The van der Waals surface area contributed by atoms with Crippen LogP contribution in [0, 0.1) is 6.92 Å². The molecule has 32 heavy (non-hydrogen) atoms. The highest BCUT2D eigenvalue weighted by atomic mass is 127. The molecule has 1 fully saturated rings. The van der Waals surface area contributed by atoms with Gasteiger partial charge in [0.15, 0.2) is 11.7 Å². The molecule has 2 aromatic heterocycles. The van der Waals surface area contributed by atoms with Crippen LogP contribution in [-0.2, 0) is 6.42 Å². The second-order valence-corrected chi connectivity index (χ2v) is 7.49. The number of piperazine rings is 1. The number of oxazole rings is 1. The number of nitrogens with zero attached hydrogens (tertiary/aromatic N) is 4. The van der Waals surface area contributed by atoms with E-state index in [1.54, 1.807) is 25.4 Å². The number of carbonyl (C=O) groups excluding carboxylic acids is 1. The molecule has 1 aliphatic rings. The molecule has 8 nitrogen and oxygen atoms in total. The Kier molecular flexibility index (Phi) is 8.32. The van der Waals surface area contributed by atoms with Crippen LogP contribution in [0.25, 0.3) is 11.5 Å². The molecule has 0 aliphatic carbocycles. The van der Waals surface area contributed by atoms with Crippen molar-refractivity contribution >= 4 is 35.8 Å². The predicted molar refractivity (Wildman–Crippen MR) is 133 cm³/mol. The lowest BCUT2D eigenvalue weighted by Gasteiger charge is -2.36. The van der Waals surface area contributed by atoms with Gasteiger partial charge in [-0.25, -0.2) is 4.98 Å². The van der Waals surface area contributed by atoms with Crippen molar-refractivity contribution in [3.8, 4) is 11.5 Å². The van der Waals surface area contributed by atoms with Crippen molar-refractivity contribution in [2.45, 2.75) is 13.3 Å². The van der Waals surface area contributed by atoms with Crippen LogP contribution in [0.4, 0.5) is 0 Å². The van der Waals surface area contributed by atoms with Gasteiger partial charge in [-0.3, -0.25) is 9.79 Å². The number of carbonyl (C=O) groups is 1. The highest BCUT2D eigenvalue weighted by Gasteiger charge is 2.25. The zero-order chi connectivity index (χ0) is 21.6. The maximum absolute atomic E-state index is 12.4. The van der Waals surface area contributed by atoms with Gasteiger partial charge in [-0.2, -0.15) is 0 Å². The number of aliphatic imine (C=N–C) groups is 1. The Labute approximate surface area is 204 Å². The topological polar surface area (TPSA) is 87.1 Å². The van der Waals surface area contributed by atoms with E-state index in [1.807, 2.05) is 29.2 Å². The number of benzene rings is 1. The normalized spacial score (nSPS) is 14.2. The average molecular weight is 549 g/mol. The predicted octanol–water partition coefficient (Wildman–Crippen LogP) is 3.44. The highest BCUT2D eigenvalue weighted by Crippen LogP contribution is 2.19. The molecule has 4 rings (SSSR count). The fourth-order valence-corrected chi connectivity index (χ4v) is 3.56. The number of rotatable bonds is 5. The van der Waals surface area contributed by atoms with Crippen LogP contribution in [0.1, 0.15) is 21.8 Å². The van der Waals surface area contributed by atoms with E-state index < -0.39 is 0 Å². The van der Waals surface area contributed by atoms with Gasteiger partial charge in [0.05, 0.1) is 12.0 Å². The van der Waals surface area contributed by atoms with E-state index in [1.165, 1.54) is 11.8 Å². The van der Waals surface area contributed by atoms with Crippen LogP contribution in [0.15, 0.2) is 62.8 Å². The van der Waals surface area contributed by atoms with Crippen molar-refractivity contribution in [3.05, 3.63) is 65.9 Å². The first-order chi connectivity index (χ1) is 15.1. The minimum atomic E-state index is -0.0667. The van der Waals surface area contributed by atoms with E-state index in [0.29, 0.717) is 44.4 Å². The third kappa shape index (κ3) is 5.70. The molecule has 0 spiro atoms. The number of hydrogen-bond acceptors (Lipinski definition) is 5. The van der Waals surface area contributed by atoms with E-state index in [-0.39, 0.29) is 29.9 Å². The third-order valence-corrected chi connectivity index (χ3v) is 5.32. The molecular weight excluding hydrogens is 521 g/mol. The Morgan fingerprint density at radius 3 is 2.47 bits per heavy atom. The zero-order valence-corrected chi connectivity index (χ0v) is 20.6.